The Hall–Kier alpha value is -0.570. The van der Waals surface area contributed by atoms with Crippen LogP contribution in [0.2, 0.25) is 0 Å². The van der Waals surface area contributed by atoms with Crippen LogP contribution in [0.4, 0.5) is 0 Å². The maximum absolute atomic E-state index is 11.9. The van der Waals surface area contributed by atoms with Gasteiger partial charge in [0.1, 0.15) is 0 Å². The number of rotatable bonds is 2. The van der Waals surface area contributed by atoms with Crippen molar-refractivity contribution in [2.75, 3.05) is 20.1 Å². The Kier molecular flexibility index (Phi) is 4.14. The van der Waals surface area contributed by atoms with Gasteiger partial charge in [-0.2, -0.15) is 0 Å². The molecule has 1 heterocycles. The first-order valence-electron chi connectivity index (χ1n) is 5.90. The van der Waals surface area contributed by atoms with Crippen molar-refractivity contribution >= 4 is 5.91 Å². The molecule has 0 aromatic heterocycles. The van der Waals surface area contributed by atoms with E-state index in [0.717, 1.165) is 13.1 Å². The highest BCUT2D eigenvalue weighted by Crippen LogP contribution is 2.17. The SMILES string of the molecule is CN(CC1CCCCN1)C(=O)C(C)(C)C. The molecule has 1 unspecified atom stereocenters. The van der Waals surface area contributed by atoms with E-state index in [-0.39, 0.29) is 11.3 Å². The summed E-state index contributed by atoms with van der Waals surface area (Å²) in [4.78, 5) is 13.8. The van der Waals surface area contributed by atoms with Gasteiger partial charge in [0.15, 0.2) is 0 Å². The molecule has 1 amide bonds. The van der Waals surface area contributed by atoms with Gasteiger partial charge in [-0.15, -0.1) is 0 Å². The molecule has 1 aliphatic heterocycles. The fraction of sp³-hybridized carbons (Fsp3) is 0.917. The van der Waals surface area contributed by atoms with Gasteiger partial charge < -0.3 is 10.2 Å². The zero-order valence-corrected chi connectivity index (χ0v) is 10.5. The van der Waals surface area contributed by atoms with Crippen molar-refractivity contribution < 1.29 is 4.79 Å². The number of piperidine rings is 1. The van der Waals surface area contributed by atoms with Crippen molar-refractivity contribution in [3.8, 4) is 0 Å². The molecule has 1 rings (SSSR count). The van der Waals surface area contributed by atoms with Crippen molar-refractivity contribution in [2.45, 2.75) is 46.1 Å². The number of likely N-dealkylation sites (N-methyl/N-ethyl adjacent to an activating group) is 1. The number of hydrogen-bond acceptors (Lipinski definition) is 2. The van der Waals surface area contributed by atoms with Crippen LogP contribution in [-0.4, -0.2) is 37.0 Å². The van der Waals surface area contributed by atoms with E-state index < -0.39 is 0 Å². The Morgan fingerprint density at radius 1 is 1.40 bits per heavy atom. The smallest absolute Gasteiger partial charge is 0.227 e. The van der Waals surface area contributed by atoms with Gasteiger partial charge in [-0.1, -0.05) is 27.2 Å². The zero-order chi connectivity index (χ0) is 11.5. The molecule has 1 saturated heterocycles. The second-order valence-corrected chi connectivity index (χ2v) is 5.58. The van der Waals surface area contributed by atoms with Crippen LogP contribution in [0.3, 0.4) is 0 Å². The second-order valence-electron chi connectivity index (χ2n) is 5.58. The molecule has 88 valence electrons. The molecule has 1 aliphatic rings. The lowest BCUT2D eigenvalue weighted by Crippen LogP contribution is -2.46. The number of carbonyl (C=O) groups excluding carboxylic acids is 1. The van der Waals surface area contributed by atoms with Crippen LogP contribution in [-0.2, 0) is 4.79 Å². The summed E-state index contributed by atoms with van der Waals surface area (Å²) < 4.78 is 0. The largest absolute Gasteiger partial charge is 0.344 e. The first kappa shape index (κ1) is 12.5. The van der Waals surface area contributed by atoms with E-state index in [4.69, 9.17) is 0 Å². The summed E-state index contributed by atoms with van der Waals surface area (Å²) in [5, 5.41) is 3.46. The molecule has 0 aliphatic carbocycles. The Bertz CT molecular complexity index is 214. The summed E-state index contributed by atoms with van der Waals surface area (Å²) in [6.07, 6.45) is 3.75. The zero-order valence-electron chi connectivity index (χ0n) is 10.5. The average molecular weight is 212 g/mol. The standard InChI is InChI=1S/C12H24N2O/c1-12(2,3)11(15)14(4)9-10-7-5-6-8-13-10/h10,13H,5-9H2,1-4H3. The average Bonchev–Trinajstić information content (AvgIpc) is 2.16. The summed E-state index contributed by atoms with van der Waals surface area (Å²) in [6.45, 7) is 7.86. The Morgan fingerprint density at radius 3 is 2.53 bits per heavy atom. The maximum atomic E-state index is 11.9. The van der Waals surface area contributed by atoms with Gasteiger partial charge in [-0.25, -0.2) is 0 Å². The van der Waals surface area contributed by atoms with Gasteiger partial charge in [0.25, 0.3) is 0 Å². The number of carbonyl (C=O) groups is 1. The summed E-state index contributed by atoms with van der Waals surface area (Å²) in [5.41, 5.74) is -0.260. The molecule has 15 heavy (non-hydrogen) atoms. The van der Waals surface area contributed by atoms with Crippen LogP contribution in [0.25, 0.3) is 0 Å². The van der Waals surface area contributed by atoms with Crippen molar-refractivity contribution in [1.29, 1.82) is 0 Å². The van der Waals surface area contributed by atoms with Crippen LogP contribution in [0.1, 0.15) is 40.0 Å². The second kappa shape index (κ2) is 4.97. The third-order valence-corrected chi connectivity index (χ3v) is 2.89. The van der Waals surface area contributed by atoms with Crippen molar-refractivity contribution in [3.05, 3.63) is 0 Å². The van der Waals surface area contributed by atoms with Crippen molar-refractivity contribution in [3.63, 3.8) is 0 Å². The van der Waals surface area contributed by atoms with E-state index in [1.165, 1.54) is 19.3 Å². The number of hydrogen-bond donors (Lipinski definition) is 1. The van der Waals surface area contributed by atoms with Crippen molar-refractivity contribution in [1.82, 2.24) is 10.2 Å². The topological polar surface area (TPSA) is 32.3 Å². The van der Waals surface area contributed by atoms with Gasteiger partial charge in [-0.3, -0.25) is 4.79 Å². The molecule has 3 nitrogen and oxygen atoms in total. The van der Waals surface area contributed by atoms with E-state index in [2.05, 4.69) is 5.32 Å². The molecule has 1 N–H and O–H groups in total. The van der Waals surface area contributed by atoms with E-state index in [0.29, 0.717) is 6.04 Å². The fourth-order valence-electron chi connectivity index (χ4n) is 2.07. The minimum atomic E-state index is -0.260. The van der Waals surface area contributed by atoms with Crippen LogP contribution < -0.4 is 5.32 Å². The Labute approximate surface area is 93.2 Å². The predicted molar refractivity (Wildman–Crippen MR) is 62.7 cm³/mol. The molecular weight excluding hydrogens is 188 g/mol. The third kappa shape index (κ3) is 3.82. The maximum Gasteiger partial charge on any atom is 0.227 e. The van der Waals surface area contributed by atoms with Crippen LogP contribution >= 0.6 is 0 Å². The minimum Gasteiger partial charge on any atom is -0.344 e. The summed E-state index contributed by atoms with van der Waals surface area (Å²) in [7, 11) is 1.91. The van der Waals surface area contributed by atoms with Gasteiger partial charge in [0.05, 0.1) is 0 Å². The highest BCUT2D eigenvalue weighted by atomic mass is 16.2. The quantitative estimate of drug-likeness (QED) is 0.754. The molecule has 3 heteroatoms. The molecule has 1 fully saturated rings. The summed E-state index contributed by atoms with van der Waals surface area (Å²) >= 11 is 0. The van der Waals surface area contributed by atoms with Gasteiger partial charge in [-0.05, 0) is 19.4 Å². The summed E-state index contributed by atoms with van der Waals surface area (Å²) in [6, 6.07) is 0.495. The predicted octanol–water partition coefficient (Wildman–Crippen LogP) is 1.63. The lowest BCUT2D eigenvalue weighted by Gasteiger charge is -2.31. The van der Waals surface area contributed by atoms with Gasteiger partial charge in [0.2, 0.25) is 5.91 Å². The molecule has 0 aromatic carbocycles. The Balaban J connectivity index is 2.40. The lowest BCUT2D eigenvalue weighted by molar-refractivity contribution is -0.138. The number of nitrogens with one attached hydrogen (secondary N) is 1. The normalized spacial score (nSPS) is 22.5. The van der Waals surface area contributed by atoms with E-state index in [9.17, 15) is 4.79 Å². The van der Waals surface area contributed by atoms with Gasteiger partial charge >= 0.3 is 0 Å². The van der Waals surface area contributed by atoms with E-state index in [1.54, 1.807) is 0 Å². The van der Waals surface area contributed by atoms with Gasteiger partial charge in [0, 0.05) is 25.0 Å². The first-order valence-corrected chi connectivity index (χ1v) is 5.90. The highest BCUT2D eigenvalue weighted by molar-refractivity contribution is 5.81. The molecule has 0 radical (unpaired) electrons. The molecular formula is C12H24N2O. The van der Waals surface area contributed by atoms with Crippen LogP contribution in [0.5, 0.6) is 0 Å². The minimum absolute atomic E-state index is 0.231. The molecule has 0 aromatic rings. The molecule has 0 spiro atoms. The number of amides is 1. The van der Waals surface area contributed by atoms with E-state index >= 15 is 0 Å². The molecule has 0 bridgehead atoms. The first-order chi connectivity index (χ1) is 6.91. The lowest BCUT2D eigenvalue weighted by atomic mass is 9.94. The van der Waals surface area contributed by atoms with Crippen LogP contribution in [0, 0.1) is 5.41 Å². The monoisotopic (exact) mass is 212 g/mol. The molecule has 0 saturated carbocycles. The Morgan fingerprint density at radius 2 is 2.07 bits per heavy atom. The fourth-order valence-corrected chi connectivity index (χ4v) is 2.07. The third-order valence-electron chi connectivity index (χ3n) is 2.89. The van der Waals surface area contributed by atoms with Crippen LogP contribution in [0.15, 0.2) is 0 Å². The summed E-state index contributed by atoms with van der Waals surface area (Å²) in [5.74, 6) is 0.231. The van der Waals surface area contributed by atoms with Crippen molar-refractivity contribution in [2.24, 2.45) is 5.41 Å². The number of nitrogens with zero attached hydrogens (tertiary/aromatic N) is 1. The highest BCUT2D eigenvalue weighted by Gasteiger charge is 2.26. The van der Waals surface area contributed by atoms with E-state index in [1.807, 2.05) is 32.7 Å². The molecule has 1 atom stereocenters.